The lowest BCUT2D eigenvalue weighted by molar-refractivity contribution is 0.0990. The van der Waals surface area contributed by atoms with Crippen molar-refractivity contribution in [2.75, 3.05) is 13.1 Å². The van der Waals surface area contributed by atoms with E-state index in [9.17, 15) is 4.39 Å². The average Bonchev–Trinajstić information content (AvgIpc) is 2.34. The smallest absolute Gasteiger partial charge is 0.126 e. The minimum Gasteiger partial charge on any atom is -0.329 e. The summed E-state index contributed by atoms with van der Waals surface area (Å²) in [6.07, 6.45) is 2.46. The lowest BCUT2D eigenvalue weighted by Crippen LogP contribution is -2.48. The molecule has 2 nitrogen and oxygen atoms in total. The maximum Gasteiger partial charge on any atom is 0.126 e. The molecule has 18 heavy (non-hydrogen) atoms. The fourth-order valence-corrected chi connectivity index (χ4v) is 2.88. The maximum atomic E-state index is 13.5. The Bertz CT molecular complexity index is 405. The SMILES string of the molecule is Cc1ccc(CN2CCCC(C)C2CN)cc1F. The minimum atomic E-state index is -0.109. The maximum absolute atomic E-state index is 13.5. The fourth-order valence-electron chi connectivity index (χ4n) is 2.88. The van der Waals surface area contributed by atoms with Crippen LogP contribution in [0.2, 0.25) is 0 Å². The Morgan fingerprint density at radius 1 is 1.44 bits per heavy atom. The van der Waals surface area contributed by atoms with Crippen LogP contribution in [0.5, 0.6) is 0 Å². The van der Waals surface area contributed by atoms with Crippen LogP contribution in [0.3, 0.4) is 0 Å². The van der Waals surface area contributed by atoms with Crippen molar-refractivity contribution in [2.24, 2.45) is 11.7 Å². The van der Waals surface area contributed by atoms with Gasteiger partial charge in [0.2, 0.25) is 0 Å². The van der Waals surface area contributed by atoms with Crippen molar-refractivity contribution in [3.05, 3.63) is 35.1 Å². The van der Waals surface area contributed by atoms with Crippen LogP contribution in [0.4, 0.5) is 4.39 Å². The molecular weight excluding hydrogens is 227 g/mol. The standard InChI is InChI=1S/C15H23FN2/c1-11-5-6-13(8-14(11)16)10-18-7-3-4-12(2)15(18)9-17/h5-6,8,12,15H,3-4,7,9-10,17H2,1-2H3. The molecule has 3 heteroatoms. The van der Waals surface area contributed by atoms with E-state index in [0.29, 0.717) is 24.1 Å². The second-order valence-electron chi connectivity index (χ2n) is 5.48. The number of nitrogens with two attached hydrogens (primary N) is 1. The molecule has 0 aromatic heterocycles. The molecule has 1 aliphatic rings. The summed E-state index contributed by atoms with van der Waals surface area (Å²) in [4.78, 5) is 2.40. The molecule has 2 N–H and O–H groups in total. The second-order valence-corrected chi connectivity index (χ2v) is 5.48. The molecule has 100 valence electrons. The normalized spacial score (nSPS) is 25.3. The zero-order valence-electron chi connectivity index (χ0n) is 11.3. The Kier molecular flexibility index (Phi) is 4.36. The first-order valence-corrected chi connectivity index (χ1v) is 6.81. The summed E-state index contributed by atoms with van der Waals surface area (Å²) in [5.41, 5.74) is 7.63. The molecule has 1 fully saturated rings. The van der Waals surface area contributed by atoms with Crippen molar-refractivity contribution in [2.45, 2.75) is 39.3 Å². The van der Waals surface area contributed by atoms with Gasteiger partial charge >= 0.3 is 0 Å². The number of benzene rings is 1. The molecule has 0 spiro atoms. The first kappa shape index (κ1) is 13.5. The Balaban J connectivity index is 2.09. The lowest BCUT2D eigenvalue weighted by Gasteiger charge is -2.39. The Labute approximate surface area is 109 Å². The molecule has 0 aliphatic carbocycles. The van der Waals surface area contributed by atoms with Gasteiger partial charge in [-0.1, -0.05) is 19.1 Å². The van der Waals surface area contributed by atoms with Crippen LogP contribution in [0, 0.1) is 18.7 Å². The Morgan fingerprint density at radius 2 is 2.22 bits per heavy atom. The number of rotatable bonds is 3. The van der Waals surface area contributed by atoms with Gasteiger partial charge in [-0.05, 0) is 49.4 Å². The van der Waals surface area contributed by atoms with E-state index in [1.807, 2.05) is 12.1 Å². The van der Waals surface area contributed by atoms with Crippen molar-refractivity contribution < 1.29 is 4.39 Å². The predicted molar refractivity (Wildman–Crippen MR) is 72.8 cm³/mol. The molecule has 2 unspecified atom stereocenters. The van der Waals surface area contributed by atoms with Gasteiger partial charge in [-0.2, -0.15) is 0 Å². The number of aryl methyl sites for hydroxylation is 1. The van der Waals surface area contributed by atoms with Gasteiger partial charge in [-0.15, -0.1) is 0 Å². The quantitative estimate of drug-likeness (QED) is 0.893. The molecule has 0 radical (unpaired) electrons. The molecular formula is C15H23FN2. The number of halogens is 1. The lowest BCUT2D eigenvalue weighted by atomic mass is 9.90. The van der Waals surface area contributed by atoms with Crippen molar-refractivity contribution in [3.8, 4) is 0 Å². The Hall–Kier alpha value is -0.930. The minimum absolute atomic E-state index is 0.109. The zero-order valence-corrected chi connectivity index (χ0v) is 11.3. The van der Waals surface area contributed by atoms with Crippen molar-refractivity contribution in [1.29, 1.82) is 0 Å². The van der Waals surface area contributed by atoms with E-state index in [2.05, 4.69) is 11.8 Å². The van der Waals surface area contributed by atoms with Crippen LogP contribution in [-0.4, -0.2) is 24.0 Å². The summed E-state index contributed by atoms with van der Waals surface area (Å²) in [6, 6.07) is 5.96. The molecule has 2 atom stereocenters. The number of hydrogen-bond donors (Lipinski definition) is 1. The van der Waals surface area contributed by atoms with E-state index < -0.39 is 0 Å². The number of nitrogens with zero attached hydrogens (tertiary/aromatic N) is 1. The topological polar surface area (TPSA) is 29.3 Å². The van der Waals surface area contributed by atoms with E-state index in [1.165, 1.54) is 12.8 Å². The van der Waals surface area contributed by atoms with Crippen LogP contribution in [0.15, 0.2) is 18.2 Å². The zero-order chi connectivity index (χ0) is 13.1. The van der Waals surface area contributed by atoms with E-state index in [4.69, 9.17) is 5.73 Å². The summed E-state index contributed by atoms with van der Waals surface area (Å²) >= 11 is 0. The van der Waals surface area contributed by atoms with Gasteiger partial charge in [0.1, 0.15) is 5.82 Å². The van der Waals surface area contributed by atoms with Gasteiger partial charge in [0.05, 0.1) is 0 Å². The summed E-state index contributed by atoms with van der Waals surface area (Å²) in [7, 11) is 0. The molecule has 0 saturated carbocycles. The largest absolute Gasteiger partial charge is 0.329 e. The van der Waals surface area contributed by atoms with Gasteiger partial charge in [0.15, 0.2) is 0 Å². The third-order valence-corrected chi connectivity index (χ3v) is 4.09. The van der Waals surface area contributed by atoms with Crippen molar-refractivity contribution in [1.82, 2.24) is 4.90 Å². The molecule has 1 aromatic carbocycles. The van der Waals surface area contributed by atoms with E-state index in [1.54, 1.807) is 13.0 Å². The highest BCUT2D eigenvalue weighted by atomic mass is 19.1. The monoisotopic (exact) mass is 250 g/mol. The number of likely N-dealkylation sites (tertiary alicyclic amines) is 1. The molecule has 1 saturated heterocycles. The summed E-state index contributed by atoms with van der Waals surface area (Å²) in [5.74, 6) is 0.529. The summed E-state index contributed by atoms with van der Waals surface area (Å²) in [6.45, 7) is 6.63. The fraction of sp³-hybridized carbons (Fsp3) is 0.600. The highest BCUT2D eigenvalue weighted by molar-refractivity contribution is 5.23. The summed E-state index contributed by atoms with van der Waals surface area (Å²) < 4.78 is 13.5. The van der Waals surface area contributed by atoms with Crippen LogP contribution >= 0.6 is 0 Å². The van der Waals surface area contributed by atoms with E-state index in [0.717, 1.165) is 18.7 Å². The molecule has 1 aromatic rings. The first-order chi connectivity index (χ1) is 8.61. The van der Waals surface area contributed by atoms with Gasteiger partial charge in [-0.25, -0.2) is 4.39 Å². The van der Waals surface area contributed by atoms with Gasteiger partial charge < -0.3 is 5.73 Å². The molecule has 2 rings (SSSR count). The number of piperidine rings is 1. The molecule has 1 heterocycles. The molecule has 1 aliphatic heterocycles. The second kappa shape index (κ2) is 5.81. The summed E-state index contributed by atoms with van der Waals surface area (Å²) in [5, 5.41) is 0. The highest BCUT2D eigenvalue weighted by Crippen LogP contribution is 2.24. The molecule has 0 bridgehead atoms. The van der Waals surface area contributed by atoms with Crippen LogP contribution in [0.25, 0.3) is 0 Å². The van der Waals surface area contributed by atoms with E-state index >= 15 is 0 Å². The number of hydrogen-bond acceptors (Lipinski definition) is 2. The van der Waals surface area contributed by atoms with E-state index in [-0.39, 0.29) is 5.82 Å². The van der Waals surface area contributed by atoms with Gasteiger partial charge in [-0.3, -0.25) is 4.90 Å². The highest BCUT2D eigenvalue weighted by Gasteiger charge is 2.27. The van der Waals surface area contributed by atoms with Crippen LogP contribution < -0.4 is 5.73 Å². The first-order valence-electron chi connectivity index (χ1n) is 6.81. The van der Waals surface area contributed by atoms with Crippen molar-refractivity contribution in [3.63, 3.8) is 0 Å². The predicted octanol–water partition coefficient (Wildman–Crippen LogP) is 2.69. The van der Waals surface area contributed by atoms with Crippen LogP contribution in [0.1, 0.15) is 30.9 Å². The van der Waals surface area contributed by atoms with Crippen molar-refractivity contribution >= 4 is 0 Å². The van der Waals surface area contributed by atoms with Crippen LogP contribution in [-0.2, 0) is 6.54 Å². The third-order valence-electron chi connectivity index (χ3n) is 4.09. The third kappa shape index (κ3) is 2.90. The van der Waals surface area contributed by atoms with Gasteiger partial charge in [0, 0.05) is 19.1 Å². The average molecular weight is 250 g/mol. The molecule has 0 amide bonds. The Morgan fingerprint density at radius 3 is 2.89 bits per heavy atom. The van der Waals surface area contributed by atoms with Gasteiger partial charge in [0.25, 0.3) is 0 Å².